The van der Waals surface area contributed by atoms with E-state index in [0.717, 1.165) is 6.08 Å². The first-order valence-corrected chi connectivity index (χ1v) is 12.3. The summed E-state index contributed by atoms with van der Waals surface area (Å²) in [4.78, 5) is 22.3. The van der Waals surface area contributed by atoms with Crippen LogP contribution in [0, 0.1) is 0 Å². The number of hydrogen-bond donors (Lipinski definition) is 2. The lowest BCUT2D eigenvalue weighted by molar-refractivity contribution is -0.142. The fourth-order valence-corrected chi connectivity index (χ4v) is 3.51. The summed E-state index contributed by atoms with van der Waals surface area (Å²) in [6.45, 7) is 14.2. The Morgan fingerprint density at radius 2 is 1.63 bits per heavy atom. The van der Waals surface area contributed by atoms with E-state index in [0.29, 0.717) is 19.3 Å². The summed E-state index contributed by atoms with van der Waals surface area (Å²) < 4.78 is 11.6. The van der Waals surface area contributed by atoms with Crippen molar-refractivity contribution in [2.24, 2.45) is 0 Å². The number of carbonyl (C=O) groups excluding carboxylic acids is 1. The van der Waals surface area contributed by atoms with Gasteiger partial charge in [0.2, 0.25) is 0 Å². The van der Waals surface area contributed by atoms with Gasteiger partial charge >= 0.3 is 11.9 Å². The van der Waals surface area contributed by atoms with E-state index in [1.54, 1.807) is 19.9 Å². The fraction of sp³-hybridized carbons (Fsp3) is 0.700. The maximum atomic E-state index is 11.9. The van der Waals surface area contributed by atoms with Crippen LogP contribution in [-0.2, 0) is 18.8 Å². The van der Waals surface area contributed by atoms with Gasteiger partial charge in [0, 0.05) is 18.6 Å². The number of rotatable bonds is 11. The third-order valence-electron chi connectivity index (χ3n) is 4.57. The molecule has 0 aromatic carbocycles. The van der Waals surface area contributed by atoms with Gasteiger partial charge in [-0.2, -0.15) is 0 Å². The van der Waals surface area contributed by atoms with E-state index in [1.165, 1.54) is 12.2 Å². The van der Waals surface area contributed by atoms with E-state index < -0.39 is 32.5 Å². The number of carbonyl (C=O) groups is 2. The Morgan fingerprint density at radius 1 is 1.07 bits per heavy atom. The molecular weight excluding hydrogens is 364 g/mol. The van der Waals surface area contributed by atoms with Crippen LogP contribution in [0.1, 0.15) is 53.9 Å². The molecule has 2 N–H and O–H groups in total. The molecular formula is C20H36O6Si. The summed E-state index contributed by atoms with van der Waals surface area (Å²) in [6.07, 6.45) is 5.85. The van der Waals surface area contributed by atoms with E-state index in [2.05, 4.69) is 33.9 Å². The Bertz CT molecular complexity index is 531. The van der Waals surface area contributed by atoms with Crippen molar-refractivity contribution in [3.8, 4) is 0 Å². The second-order valence-electron chi connectivity index (χ2n) is 8.45. The Hall–Kier alpha value is -1.44. The average molecular weight is 401 g/mol. The molecule has 0 aromatic rings. The summed E-state index contributed by atoms with van der Waals surface area (Å²) in [6, 6.07) is 0. The third-order valence-corrected chi connectivity index (χ3v) is 9.11. The number of ether oxygens (including phenoxy) is 1. The van der Waals surface area contributed by atoms with Gasteiger partial charge in [0.25, 0.3) is 0 Å². The minimum absolute atomic E-state index is 0.0610. The molecule has 156 valence electrons. The van der Waals surface area contributed by atoms with E-state index in [4.69, 9.17) is 14.3 Å². The normalized spacial score (nSPS) is 16.4. The topological polar surface area (TPSA) is 93.1 Å². The van der Waals surface area contributed by atoms with Crippen molar-refractivity contribution in [1.82, 2.24) is 0 Å². The molecule has 27 heavy (non-hydrogen) atoms. The molecule has 0 rings (SSSR count). The molecule has 7 heteroatoms. The number of hydrogen-bond acceptors (Lipinski definition) is 5. The lowest BCUT2D eigenvalue weighted by Gasteiger charge is -2.39. The lowest BCUT2D eigenvalue weighted by Crippen LogP contribution is -2.44. The van der Waals surface area contributed by atoms with E-state index in [-0.39, 0.29) is 11.1 Å². The zero-order valence-electron chi connectivity index (χ0n) is 17.7. The zero-order chi connectivity index (χ0) is 21.3. The number of aliphatic hydroxyl groups excluding tert-OH is 1. The first-order valence-electron chi connectivity index (χ1n) is 9.37. The van der Waals surface area contributed by atoms with Gasteiger partial charge in [0.1, 0.15) is 6.10 Å². The fourth-order valence-electron chi connectivity index (χ4n) is 2.13. The molecule has 0 bridgehead atoms. The van der Waals surface area contributed by atoms with Gasteiger partial charge in [-0.05, 0) is 44.8 Å². The number of carboxylic acids is 1. The molecule has 0 aliphatic heterocycles. The number of aliphatic carboxylic acids is 1. The maximum Gasteiger partial charge on any atom is 0.330 e. The molecule has 0 radical (unpaired) electrons. The Kier molecular flexibility index (Phi) is 10.8. The molecule has 0 spiro atoms. The smallest absolute Gasteiger partial charge is 0.330 e. The highest BCUT2D eigenvalue weighted by Gasteiger charge is 2.39. The zero-order valence-corrected chi connectivity index (χ0v) is 18.7. The maximum absolute atomic E-state index is 11.9. The molecule has 6 nitrogen and oxygen atoms in total. The minimum atomic E-state index is -1.98. The highest BCUT2D eigenvalue weighted by molar-refractivity contribution is 6.74. The molecule has 0 aliphatic rings. The van der Waals surface area contributed by atoms with Gasteiger partial charge in [-0.25, -0.2) is 9.59 Å². The van der Waals surface area contributed by atoms with Crippen LogP contribution >= 0.6 is 0 Å². The number of aliphatic hydroxyl groups is 1. The van der Waals surface area contributed by atoms with Crippen molar-refractivity contribution in [3.05, 3.63) is 24.3 Å². The van der Waals surface area contributed by atoms with E-state index >= 15 is 0 Å². The van der Waals surface area contributed by atoms with Crippen molar-refractivity contribution >= 4 is 20.3 Å². The molecule has 0 heterocycles. The molecule has 0 saturated heterocycles. The van der Waals surface area contributed by atoms with Crippen LogP contribution in [0.4, 0.5) is 0 Å². The summed E-state index contributed by atoms with van der Waals surface area (Å²) in [5, 5.41) is 18.3. The minimum Gasteiger partial charge on any atom is -0.478 e. The highest BCUT2D eigenvalue weighted by atomic mass is 28.4. The van der Waals surface area contributed by atoms with E-state index in [9.17, 15) is 14.7 Å². The van der Waals surface area contributed by atoms with Crippen LogP contribution in [0.5, 0.6) is 0 Å². The van der Waals surface area contributed by atoms with Crippen LogP contribution in [0.2, 0.25) is 18.1 Å². The Morgan fingerprint density at radius 3 is 2.11 bits per heavy atom. The van der Waals surface area contributed by atoms with Crippen molar-refractivity contribution in [3.63, 3.8) is 0 Å². The molecule has 0 fully saturated rings. The number of carboxylic acid groups (broad SMARTS) is 1. The third kappa shape index (κ3) is 11.8. The van der Waals surface area contributed by atoms with Crippen LogP contribution in [-0.4, -0.2) is 48.8 Å². The molecule has 0 aliphatic carbocycles. The van der Waals surface area contributed by atoms with Gasteiger partial charge in [-0.1, -0.05) is 32.9 Å². The van der Waals surface area contributed by atoms with Gasteiger partial charge in [0.15, 0.2) is 8.32 Å². The monoisotopic (exact) mass is 400 g/mol. The largest absolute Gasteiger partial charge is 0.478 e. The standard InChI is InChI=1S/C20H36O6Si/c1-15(21)14-17(26-27(6,7)20(3,4)5)11-9-13-19(24)25-16(2)10-8-12-18(22)23/h8-9,12-13,15-17,21H,10-11,14H2,1-7H3,(H,22,23)/b12-8+,13-9+/t15-,16-,17+/m1/s1. The van der Waals surface area contributed by atoms with Gasteiger partial charge in [0.05, 0.1) is 12.2 Å². The van der Waals surface area contributed by atoms with Crippen molar-refractivity contribution in [1.29, 1.82) is 0 Å². The highest BCUT2D eigenvalue weighted by Crippen LogP contribution is 2.38. The van der Waals surface area contributed by atoms with Crippen LogP contribution in [0.25, 0.3) is 0 Å². The summed E-state index contributed by atoms with van der Waals surface area (Å²) in [5.41, 5.74) is 0. The molecule has 0 unspecified atom stereocenters. The predicted octanol–water partition coefficient (Wildman–Crippen LogP) is 4.06. The van der Waals surface area contributed by atoms with Crippen molar-refractivity contribution in [2.75, 3.05) is 0 Å². The van der Waals surface area contributed by atoms with Gasteiger partial charge in [-0.15, -0.1) is 0 Å². The summed E-state index contributed by atoms with van der Waals surface area (Å²) in [7, 11) is -1.98. The summed E-state index contributed by atoms with van der Waals surface area (Å²) in [5.74, 6) is -1.51. The quantitative estimate of drug-likeness (QED) is 0.309. The summed E-state index contributed by atoms with van der Waals surface area (Å²) >= 11 is 0. The van der Waals surface area contributed by atoms with Gasteiger partial charge < -0.3 is 19.4 Å². The second-order valence-corrected chi connectivity index (χ2v) is 13.2. The molecule has 0 saturated carbocycles. The molecule has 3 atom stereocenters. The van der Waals surface area contributed by atoms with Crippen LogP contribution in [0.15, 0.2) is 24.3 Å². The lowest BCUT2D eigenvalue weighted by atomic mass is 10.1. The first kappa shape index (κ1) is 25.6. The first-order chi connectivity index (χ1) is 12.2. The average Bonchev–Trinajstić information content (AvgIpc) is 2.44. The van der Waals surface area contributed by atoms with E-state index in [1.807, 2.05) is 0 Å². The van der Waals surface area contributed by atoms with Crippen molar-refractivity contribution < 1.29 is 29.0 Å². The van der Waals surface area contributed by atoms with Gasteiger partial charge in [-0.3, -0.25) is 0 Å². The molecule has 0 aromatic heterocycles. The predicted molar refractivity (Wildman–Crippen MR) is 109 cm³/mol. The van der Waals surface area contributed by atoms with Crippen LogP contribution < -0.4 is 0 Å². The Balaban J connectivity index is 4.68. The van der Waals surface area contributed by atoms with Crippen LogP contribution in [0.3, 0.4) is 0 Å². The molecule has 0 amide bonds. The SMILES string of the molecule is C[C@H](C/C=C/C(=O)O)OC(=O)/C=C/C[C@@H](C[C@@H](C)O)O[Si](C)(C)C(C)(C)C. The second kappa shape index (κ2) is 11.4. The Labute approximate surface area is 164 Å². The number of esters is 1. The van der Waals surface area contributed by atoms with Crippen molar-refractivity contribution in [2.45, 2.75) is 90.3 Å².